The third kappa shape index (κ3) is 3.58. The second-order valence-corrected chi connectivity index (χ2v) is 4.47. The summed E-state index contributed by atoms with van der Waals surface area (Å²) in [6.45, 7) is 2.91. The third-order valence-corrected chi connectivity index (χ3v) is 3.10. The highest BCUT2D eigenvalue weighted by molar-refractivity contribution is 5.93. The Hall–Kier alpha value is -2.29. The Labute approximate surface area is 113 Å². The summed E-state index contributed by atoms with van der Waals surface area (Å²) in [5, 5.41) is 3.31. The van der Waals surface area contributed by atoms with Crippen LogP contribution in [0.5, 0.6) is 0 Å². The number of carbonyl (C=O) groups excluding carboxylic acids is 1. The van der Waals surface area contributed by atoms with Gasteiger partial charge >= 0.3 is 0 Å². The van der Waals surface area contributed by atoms with E-state index in [2.05, 4.69) is 36.5 Å². The number of amides is 1. The summed E-state index contributed by atoms with van der Waals surface area (Å²) in [7, 11) is 0. The number of nitrogens with two attached hydrogens (primary N) is 1. The molecule has 3 N–H and O–H groups in total. The molecular weight excluding hydrogens is 236 g/mol. The number of nitrogens with one attached hydrogen (secondary N) is 1. The van der Waals surface area contributed by atoms with Crippen molar-refractivity contribution in [1.29, 1.82) is 0 Å². The summed E-state index contributed by atoms with van der Waals surface area (Å²) in [5.74, 6) is -0.401. The summed E-state index contributed by atoms with van der Waals surface area (Å²) in [5.41, 5.74) is 9.27. The van der Waals surface area contributed by atoms with Gasteiger partial charge < -0.3 is 11.1 Å². The molecule has 0 aromatic heterocycles. The second-order valence-electron chi connectivity index (χ2n) is 4.47. The van der Waals surface area contributed by atoms with Gasteiger partial charge in [-0.05, 0) is 41.8 Å². The van der Waals surface area contributed by atoms with Gasteiger partial charge in [-0.25, -0.2) is 0 Å². The zero-order valence-corrected chi connectivity index (χ0v) is 11.0. The number of hydrogen-bond donors (Lipinski definition) is 2. The van der Waals surface area contributed by atoms with Crippen LogP contribution in [-0.4, -0.2) is 5.91 Å². The first-order valence-corrected chi connectivity index (χ1v) is 6.40. The van der Waals surface area contributed by atoms with E-state index in [0.29, 0.717) is 5.56 Å². The quantitative estimate of drug-likeness (QED) is 0.862. The largest absolute Gasteiger partial charge is 0.381 e. The minimum atomic E-state index is -0.401. The molecule has 19 heavy (non-hydrogen) atoms. The lowest BCUT2D eigenvalue weighted by molar-refractivity contribution is 0.100. The average Bonchev–Trinajstić information content (AvgIpc) is 2.46. The maximum Gasteiger partial charge on any atom is 0.248 e. The molecule has 0 aliphatic heterocycles. The molecule has 0 radical (unpaired) electrons. The lowest BCUT2D eigenvalue weighted by atomic mass is 10.1. The highest BCUT2D eigenvalue weighted by atomic mass is 16.1. The van der Waals surface area contributed by atoms with Crippen molar-refractivity contribution in [2.24, 2.45) is 5.73 Å². The maximum atomic E-state index is 11.0. The molecule has 0 spiro atoms. The number of anilines is 1. The lowest BCUT2D eigenvalue weighted by Gasteiger charge is -2.07. The predicted octanol–water partition coefficient (Wildman–Crippen LogP) is 2.96. The van der Waals surface area contributed by atoms with Crippen LogP contribution in [0.4, 0.5) is 5.69 Å². The molecule has 0 atom stereocenters. The summed E-state index contributed by atoms with van der Waals surface area (Å²) < 4.78 is 0. The van der Waals surface area contributed by atoms with Crippen molar-refractivity contribution in [3.8, 4) is 0 Å². The van der Waals surface area contributed by atoms with Crippen molar-refractivity contribution >= 4 is 11.6 Å². The molecule has 2 aromatic rings. The molecule has 2 aromatic carbocycles. The van der Waals surface area contributed by atoms with Crippen molar-refractivity contribution < 1.29 is 4.79 Å². The molecule has 0 bridgehead atoms. The normalized spacial score (nSPS) is 10.2. The Kier molecular flexibility index (Phi) is 4.18. The van der Waals surface area contributed by atoms with Crippen LogP contribution in [0.15, 0.2) is 48.5 Å². The van der Waals surface area contributed by atoms with Crippen molar-refractivity contribution in [2.75, 3.05) is 5.32 Å². The smallest absolute Gasteiger partial charge is 0.248 e. The highest BCUT2D eigenvalue weighted by Gasteiger charge is 1.99. The van der Waals surface area contributed by atoms with E-state index in [0.717, 1.165) is 18.7 Å². The van der Waals surface area contributed by atoms with Crippen LogP contribution in [0, 0.1) is 0 Å². The fourth-order valence-electron chi connectivity index (χ4n) is 1.85. The minimum Gasteiger partial charge on any atom is -0.381 e. The molecule has 0 aliphatic rings. The first-order valence-electron chi connectivity index (χ1n) is 6.40. The van der Waals surface area contributed by atoms with E-state index in [1.54, 1.807) is 12.1 Å². The monoisotopic (exact) mass is 254 g/mol. The molecule has 0 heterocycles. The molecule has 98 valence electrons. The van der Waals surface area contributed by atoms with Crippen molar-refractivity contribution in [3.05, 3.63) is 65.2 Å². The first kappa shape index (κ1) is 13.1. The molecule has 0 aliphatic carbocycles. The van der Waals surface area contributed by atoms with Crippen molar-refractivity contribution in [2.45, 2.75) is 19.9 Å². The summed E-state index contributed by atoms with van der Waals surface area (Å²) in [4.78, 5) is 11.0. The lowest BCUT2D eigenvalue weighted by Crippen LogP contribution is -2.10. The standard InChI is InChI=1S/C16H18N2O/c1-2-12-3-5-13(6-4-12)11-18-15-9-7-14(8-10-15)16(17)19/h3-10,18H,2,11H2,1H3,(H2,17,19). The van der Waals surface area contributed by atoms with Crippen LogP contribution in [0.3, 0.4) is 0 Å². The summed E-state index contributed by atoms with van der Waals surface area (Å²) in [6, 6.07) is 15.7. The van der Waals surface area contributed by atoms with E-state index in [4.69, 9.17) is 5.73 Å². The van der Waals surface area contributed by atoms with E-state index in [1.165, 1.54) is 11.1 Å². The van der Waals surface area contributed by atoms with Gasteiger partial charge in [0.2, 0.25) is 5.91 Å². The van der Waals surface area contributed by atoms with Gasteiger partial charge in [0.15, 0.2) is 0 Å². The van der Waals surface area contributed by atoms with E-state index in [-0.39, 0.29) is 0 Å². The fourth-order valence-corrected chi connectivity index (χ4v) is 1.85. The Balaban J connectivity index is 1.95. The van der Waals surface area contributed by atoms with Crippen LogP contribution < -0.4 is 11.1 Å². The second kappa shape index (κ2) is 6.05. The Bertz CT molecular complexity index is 544. The number of rotatable bonds is 5. The van der Waals surface area contributed by atoms with Crippen molar-refractivity contribution in [3.63, 3.8) is 0 Å². The van der Waals surface area contributed by atoms with Crippen LogP contribution >= 0.6 is 0 Å². The minimum absolute atomic E-state index is 0.401. The highest BCUT2D eigenvalue weighted by Crippen LogP contribution is 2.12. The molecule has 2 rings (SSSR count). The Morgan fingerprint density at radius 3 is 2.11 bits per heavy atom. The van der Waals surface area contributed by atoms with Crippen molar-refractivity contribution in [1.82, 2.24) is 0 Å². The summed E-state index contributed by atoms with van der Waals surface area (Å²) in [6.07, 6.45) is 1.06. The first-order chi connectivity index (χ1) is 9.19. The summed E-state index contributed by atoms with van der Waals surface area (Å²) >= 11 is 0. The number of carbonyl (C=O) groups is 1. The van der Waals surface area contributed by atoms with E-state index in [1.807, 2.05) is 12.1 Å². The Morgan fingerprint density at radius 1 is 1.00 bits per heavy atom. The van der Waals surface area contributed by atoms with Gasteiger partial charge in [0.25, 0.3) is 0 Å². The number of hydrogen-bond acceptors (Lipinski definition) is 2. The number of benzene rings is 2. The third-order valence-electron chi connectivity index (χ3n) is 3.10. The molecule has 3 heteroatoms. The van der Waals surface area contributed by atoms with Gasteiger partial charge in [0.1, 0.15) is 0 Å². The molecule has 0 saturated carbocycles. The van der Waals surface area contributed by atoms with Gasteiger partial charge in [0.05, 0.1) is 0 Å². The molecule has 3 nitrogen and oxygen atoms in total. The van der Waals surface area contributed by atoms with Gasteiger partial charge in [-0.1, -0.05) is 31.2 Å². The van der Waals surface area contributed by atoms with Gasteiger partial charge in [0, 0.05) is 17.8 Å². The predicted molar refractivity (Wildman–Crippen MR) is 78.1 cm³/mol. The molecule has 1 amide bonds. The number of primary amides is 1. The van der Waals surface area contributed by atoms with Crippen LogP contribution in [0.2, 0.25) is 0 Å². The SMILES string of the molecule is CCc1ccc(CNc2ccc(C(N)=O)cc2)cc1. The fraction of sp³-hybridized carbons (Fsp3) is 0.188. The van der Waals surface area contributed by atoms with Gasteiger partial charge in [-0.3, -0.25) is 4.79 Å². The van der Waals surface area contributed by atoms with E-state index >= 15 is 0 Å². The van der Waals surface area contributed by atoms with Crippen LogP contribution in [-0.2, 0) is 13.0 Å². The molecular formula is C16H18N2O. The van der Waals surface area contributed by atoms with Gasteiger partial charge in [-0.15, -0.1) is 0 Å². The van der Waals surface area contributed by atoms with E-state index < -0.39 is 5.91 Å². The number of aryl methyl sites for hydroxylation is 1. The maximum absolute atomic E-state index is 11.0. The molecule has 0 unspecified atom stereocenters. The molecule has 0 saturated heterocycles. The van der Waals surface area contributed by atoms with Gasteiger partial charge in [-0.2, -0.15) is 0 Å². The van der Waals surface area contributed by atoms with Crippen LogP contribution in [0.1, 0.15) is 28.4 Å². The zero-order valence-electron chi connectivity index (χ0n) is 11.0. The molecule has 0 fully saturated rings. The van der Waals surface area contributed by atoms with Crippen LogP contribution in [0.25, 0.3) is 0 Å². The van der Waals surface area contributed by atoms with E-state index in [9.17, 15) is 4.79 Å². The Morgan fingerprint density at radius 2 is 1.58 bits per heavy atom. The topological polar surface area (TPSA) is 55.1 Å². The zero-order chi connectivity index (χ0) is 13.7. The average molecular weight is 254 g/mol.